The van der Waals surface area contributed by atoms with Crippen molar-refractivity contribution in [1.29, 1.82) is 0 Å². The lowest BCUT2D eigenvalue weighted by Crippen LogP contribution is -2.52. The zero-order valence-electron chi connectivity index (χ0n) is 37.5. The van der Waals surface area contributed by atoms with Crippen LogP contribution in [0.2, 0.25) is 0 Å². The molecule has 2 aliphatic carbocycles. The number of hydrogen-bond donors (Lipinski definition) is 8. The van der Waals surface area contributed by atoms with Gasteiger partial charge in [-0.3, -0.25) is 14.4 Å². The highest BCUT2D eigenvalue weighted by atomic mass is 35.5. The van der Waals surface area contributed by atoms with E-state index in [1.165, 1.54) is 24.7 Å². The van der Waals surface area contributed by atoms with Crippen LogP contribution in [0.3, 0.4) is 0 Å². The number of hydrogen-bond acceptors (Lipinski definition) is 20. The maximum absolute atomic E-state index is 13.3. The smallest absolute Gasteiger partial charge is 0.198 e. The second-order valence-corrected chi connectivity index (χ2v) is 13.4. The molecule has 9 N–H and O–H groups in total. The molecule has 5 rings (SSSR count). The molecule has 2 aromatic rings. The van der Waals surface area contributed by atoms with Crippen LogP contribution >= 0.6 is 12.4 Å². The van der Waals surface area contributed by atoms with Gasteiger partial charge in [0.1, 0.15) is 17.1 Å². The fourth-order valence-corrected chi connectivity index (χ4v) is 6.20. The molecule has 73 heavy (non-hydrogen) atoms. The lowest BCUT2D eigenvalue weighted by molar-refractivity contribution is -0.741. The topological polar surface area (TPSA) is 294 Å². The molecular weight excluding hydrogens is 976 g/mol. The van der Waals surface area contributed by atoms with Crippen LogP contribution in [0.25, 0.3) is 0 Å². The highest BCUT2D eigenvalue weighted by Crippen LogP contribution is 2.52. The summed E-state index contributed by atoms with van der Waals surface area (Å²) in [5, 5.41) is 74.3. The molecule has 2 aromatic carbocycles. The Bertz CT molecular complexity index is 3170. The van der Waals surface area contributed by atoms with Crippen molar-refractivity contribution in [3.8, 4) is 166 Å². The monoisotopic (exact) mass is 1030 g/mol. The first-order valence-electron chi connectivity index (χ1n) is 19.6. The number of aliphatic hydroxyl groups is 2. The number of aliphatic hydroxyl groups excluding tert-OH is 1. The largest absolute Gasteiger partial charge is 0.507 e. The second-order valence-electron chi connectivity index (χ2n) is 13.4. The van der Waals surface area contributed by atoms with E-state index in [0.717, 1.165) is 0 Å². The number of terminal acetylenes is 2. The minimum absolute atomic E-state index is 0. The Morgan fingerprint density at radius 2 is 1.14 bits per heavy atom. The molecule has 1 fully saturated rings. The fourth-order valence-electron chi connectivity index (χ4n) is 6.20. The van der Waals surface area contributed by atoms with Crippen LogP contribution in [-0.4, -0.2) is 78.4 Å². The number of rotatable bonds is 10. The zero-order valence-corrected chi connectivity index (χ0v) is 38.4. The van der Waals surface area contributed by atoms with Crippen LogP contribution in [0.4, 0.5) is 0 Å². The number of aromatic hydroxyl groups is 2. The van der Waals surface area contributed by atoms with Crippen molar-refractivity contribution in [1.82, 2.24) is 5.64 Å². The van der Waals surface area contributed by atoms with Crippen LogP contribution in [0, 0.1) is 155 Å². The Kier molecular flexibility index (Phi) is 27.0. The fraction of sp³-hybridized carbons (Fsp3) is 0.212. The number of ketones is 3. The van der Waals surface area contributed by atoms with Gasteiger partial charge >= 0.3 is 0 Å². The van der Waals surface area contributed by atoms with Gasteiger partial charge in [-0.25, -0.2) is 10.5 Å². The zero-order chi connectivity index (χ0) is 52.7. The molecule has 0 unspecified atom stereocenters. The van der Waals surface area contributed by atoms with E-state index in [1.807, 2.05) is 0 Å². The van der Waals surface area contributed by atoms with Crippen LogP contribution in [-0.2, 0) is 55.9 Å². The predicted molar refractivity (Wildman–Crippen MR) is 276 cm³/mol. The number of nitrogens with two attached hydrogens (primary N) is 1. The van der Waals surface area contributed by atoms with Crippen molar-refractivity contribution < 1.29 is 107 Å². The summed E-state index contributed by atoms with van der Waals surface area (Å²) in [6.07, 6.45) is 5.44. The summed E-state index contributed by atoms with van der Waals surface area (Å²) in [6, 6.07) is 5.40. The van der Waals surface area contributed by atoms with Crippen molar-refractivity contribution in [2.75, 3.05) is 0 Å². The molecule has 6 atom stereocenters. The maximum Gasteiger partial charge on any atom is 0.198 e. The third-order valence-electron chi connectivity index (χ3n) is 9.18. The second kappa shape index (κ2) is 32.8. The highest BCUT2D eigenvalue weighted by molar-refractivity contribution is 6.30. The molecule has 21 heteroatoms. The van der Waals surface area contributed by atoms with Gasteiger partial charge in [-0.2, -0.15) is 0 Å². The van der Waals surface area contributed by atoms with Gasteiger partial charge in [0.25, 0.3) is 0 Å². The van der Waals surface area contributed by atoms with Gasteiger partial charge in [-0.05, 0) is 139 Å². The van der Waals surface area contributed by atoms with Crippen molar-refractivity contribution >= 4 is 29.8 Å². The Labute approximate surface area is 441 Å². The lowest BCUT2D eigenvalue weighted by atomic mass is 9.72. The number of fused-ring (bicyclic) bond motifs is 3. The molecule has 0 bridgehead atoms. The number of benzene rings is 2. The van der Waals surface area contributed by atoms with Crippen LogP contribution < -0.4 is 11.4 Å². The van der Waals surface area contributed by atoms with E-state index in [9.17, 15) is 34.8 Å². The molecule has 0 aromatic heterocycles. The Hall–Kier alpha value is -8.98. The van der Waals surface area contributed by atoms with E-state index in [1.54, 1.807) is 19.1 Å². The third kappa shape index (κ3) is 18.7. The first kappa shape index (κ1) is 60.1. The molecule has 0 spiro atoms. The predicted octanol–water partition coefficient (Wildman–Crippen LogP) is 3.73. The number of nitrogens with one attached hydrogen (secondary N) is 1. The molecule has 1 heterocycles. The summed E-state index contributed by atoms with van der Waals surface area (Å²) in [7, 11) is 0. The third-order valence-corrected chi connectivity index (χ3v) is 9.18. The van der Waals surface area contributed by atoms with Crippen molar-refractivity contribution in [3.05, 3.63) is 57.6 Å². The number of phenolic OH excluding ortho intramolecular Hbond substituents is 2. The molecule has 3 aliphatic rings. The molecule has 0 saturated carbocycles. The standard InChI is InChI=1S/C26H27NO9.C26H2.ClH.H3NO9.12H2/c1-10-21(29)15(27)7-17(35-10)36-16-9-26(34,11(2)28)8-14-18(16)25(33)20-19(24(14)32)22(30)12-5-3-4-6-13(12)23(20)31;1-3-5-7-9-11-13-15-17-19-21-23-25-26-24-22-20-18-16-14-12-10-8-6-4-2;;2-6-8-4-1-5-9-10-7-3;;;;;;;;;;;;/h3-6,10,15-17,21,29,32-34H,7-9,27H2,1-2H3;1-2H;1H;1-3H;12*1H/t10-,15-,16-,17-,21+,26-;;;;;;;;;;;;;;;/m0.............../s1. The number of carbonyl (C=O) groups excluding carboxylic acids is 3. The molecule has 1 aliphatic heterocycles. The lowest BCUT2D eigenvalue weighted by Gasteiger charge is -2.42. The van der Waals surface area contributed by atoms with E-state index in [2.05, 4.69) is 177 Å². The number of Topliss-reactive ketones (excluding diaryl/α,β-unsaturated/α-hetero) is 1. The van der Waals surface area contributed by atoms with Gasteiger partial charge in [0.05, 0.1) is 29.4 Å². The SMILES string of the molecule is C#CC#CC#CC#CC#CC#CC#CC#CC#CC#CC#CC#CC#C.CC(=O)[C@]1(O)Cc2c(O)c3c(c(O)c2[C@@H](O[C@H]2C[C@H](N)[C@H](O)[C@H](C)O2)C1)C(=O)c1ccccc1C3=O.Cl.OOOONOOOOO.[HH].[HH].[HH].[HH].[HH].[HH].[HH].[HH].[HH].[HH].[HH].[HH]. The van der Waals surface area contributed by atoms with E-state index < -0.39 is 71.5 Å². The van der Waals surface area contributed by atoms with Crippen LogP contribution in [0.15, 0.2) is 24.3 Å². The number of halogens is 1. The average Bonchev–Trinajstić information content (AvgIpc) is 3.36. The summed E-state index contributed by atoms with van der Waals surface area (Å²) < 4.78 is 11.8. The maximum atomic E-state index is 13.3. The molecule has 20 nitrogen and oxygen atoms in total. The Balaban J connectivity index is -0.000000112. The Morgan fingerprint density at radius 3 is 1.53 bits per heavy atom. The summed E-state index contributed by atoms with van der Waals surface area (Å²) in [5.74, 6) is 55.1. The average molecular weight is 1030 g/mol. The van der Waals surface area contributed by atoms with Crippen molar-refractivity contribution in [2.24, 2.45) is 5.73 Å². The summed E-state index contributed by atoms with van der Waals surface area (Å²) in [5.41, 5.74) is 4.75. The van der Waals surface area contributed by atoms with Gasteiger partial charge in [-0.1, -0.05) is 34.2 Å². The van der Waals surface area contributed by atoms with Gasteiger partial charge < -0.3 is 35.6 Å². The summed E-state index contributed by atoms with van der Waals surface area (Å²) in [4.78, 5) is 46.1. The van der Waals surface area contributed by atoms with Gasteiger partial charge in [0, 0.05) is 112 Å². The molecule has 390 valence electrons. The quantitative estimate of drug-likeness (QED) is 0.0472. The van der Waals surface area contributed by atoms with E-state index in [-0.39, 0.29) is 75.7 Å². The van der Waals surface area contributed by atoms with E-state index in [0.29, 0.717) is 0 Å². The van der Waals surface area contributed by atoms with Gasteiger partial charge in [0.2, 0.25) is 0 Å². The van der Waals surface area contributed by atoms with Crippen LogP contribution in [0.1, 0.15) is 92.9 Å². The Morgan fingerprint density at radius 1 is 0.726 bits per heavy atom. The van der Waals surface area contributed by atoms with E-state index >= 15 is 0 Å². The van der Waals surface area contributed by atoms with Gasteiger partial charge in [0.15, 0.2) is 23.6 Å². The number of phenols is 2. The summed E-state index contributed by atoms with van der Waals surface area (Å²) >= 11 is 0. The number of carbonyl (C=O) groups is 3. The normalized spacial score (nSPS) is 18.2. The highest BCUT2D eigenvalue weighted by Gasteiger charge is 2.49. The van der Waals surface area contributed by atoms with Crippen molar-refractivity contribution in [2.45, 2.75) is 69.4 Å². The van der Waals surface area contributed by atoms with Crippen LogP contribution in [0.5, 0.6) is 11.5 Å². The van der Waals surface area contributed by atoms with Gasteiger partial charge in [-0.15, -0.1) is 25.3 Å². The van der Waals surface area contributed by atoms with E-state index in [4.69, 9.17) is 38.6 Å². The molecule has 0 radical (unpaired) electrons. The molecule has 1 saturated heterocycles. The van der Waals surface area contributed by atoms with Crippen molar-refractivity contribution in [3.63, 3.8) is 0 Å². The first-order chi connectivity index (χ1) is 34.8. The molecule has 0 amide bonds. The minimum atomic E-state index is -1.97. The molecular formula is C52H57ClN2O18. The minimum Gasteiger partial charge on any atom is -0.507 e. The first-order valence-corrected chi connectivity index (χ1v) is 19.6. The number of ether oxygens (including phenoxy) is 2. The summed E-state index contributed by atoms with van der Waals surface area (Å²) in [6.45, 7) is 2.80.